The lowest BCUT2D eigenvalue weighted by Crippen LogP contribution is -2.14. The molecule has 0 radical (unpaired) electrons. The first-order valence-corrected chi connectivity index (χ1v) is 9.37. The van der Waals surface area contributed by atoms with Gasteiger partial charge in [-0.05, 0) is 42.8 Å². The molecule has 146 valence electrons. The molecule has 4 aromatic rings. The minimum absolute atomic E-state index is 0.0663. The predicted molar refractivity (Wildman–Crippen MR) is 112 cm³/mol. The summed E-state index contributed by atoms with van der Waals surface area (Å²) < 4.78 is 5.55. The summed E-state index contributed by atoms with van der Waals surface area (Å²) in [6, 6.07) is 17.8. The van der Waals surface area contributed by atoms with Crippen molar-refractivity contribution in [3.63, 3.8) is 0 Å². The number of aromatic hydroxyl groups is 2. The highest BCUT2D eigenvalue weighted by Gasteiger charge is 2.21. The van der Waals surface area contributed by atoms with Crippen LogP contribution >= 0.6 is 0 Å². The van der Waals surface area contributed by atoms with E-state index in [9.17, 15) is 10.2 Å². The number of ether oxygens (including phenoxy) is 1. The summed E-state index contributed by atoms with van der Waals surface area (Å²) in [6.45, 7) is 2.29. The Bertz CT molecular complexity index is 1130. The van der Waals surface area contributed by atoms with Gasteiger partial charge in [0.15, 0.2) is 11.5 Å². The lowest BCUT2D eigenvalue weighted by atomic mass is 9.96. The van der Waals surface area contributed by atoms with Crippen LogP contribution in [0.5, 0.6) is 17.2 Å². The number of anilines is 1. The average molecular weight is 387 g/mol. The van der Waals surface area contributed by atoms with E-state index in [1.165, 1.54) is 0 Å². The van der Waals surface area contributed by atoms with Gasteiger partial charge in [0.1, 0.15) is 17.1 Å². The van der Waals surface area contributed by atoms with Gasteiger partial charge in [0.2, 0.25) is 0 Å². The number of aromatic nitrogens is 2. The van der Waals surface area contributed by atoms with Gasteiger partial charge in [-0.25, -0.2) is 4.98 Å². The van der Waals surface area contributed by atoms with Crippen molar-refractivity contribution in [2.45, 2.75) is 13.0 Å². The first kappa shape index (κ1) is 18.6. The van der Waals surface area contributed by atoms with Crippen molar-refractivity contribution in [2.75, 3.05) is 11.9 Å². The van der Waals surface area contributed by atoms with Gasteiger partial charge < -0.3 is 20.3 Å². The highest BCUT2D eigenvalue weighted by atomic mass is 16.5. The lowest BCUT2D eigenvalue weighted by Gasteiger charge is -2.22. The third kappa shape index (κ3) is 3.78. The molecule has 29 heavy (non-hydrogen) atoms. The van der Waals surface area contributed by atoms with E-state index in [-0.39, 0.29) is 11.5 Å². The minimum atomic E-state index is -0.434. The summed E-state index contributed by atoms with van der Waals surface area (Å²) in [7, 11) is 0. The van der Waals surface area contributed by atoms with E-state index in [0.29, 0.717) is 29.3 Å². The molecule has 0 saturated heterocycles. The number of hydrogen-bond acceptors (Lipinski definition) is 6. The number of nitrogens with zero attached hydrogens (tertiary/aromatic N) is 2. The number of pyridine rings is 2. The van der Waals surface area contributed by atoms with Crippen LogP contribution in [0.3, 0.4) is 0 Å². The van der Waals surface area contributed by atoms with E-state index in [4.69, 9.17) is 4.74 Å². The molecule has 6 nitrogen and oxygen atoms in total. The molecule has 0 fully saturated rings. The number of nitrogens with one attached hydrogen (secondary N) is 1. The van der Waals surface area contributed by atoms with Crippen molar-refractivity contribution in [1.82, 2.24) is 9.97 Å². The Morgan fingerprint density at radius 3 is 2.62 bits per heavy atom. The number of phenolic OH excluding ortho intramolecular Hbond substituents is 2. The van der Waals surface area contributed by atoms with E-state index in [2.05, 4.69) is 15.3 Å². The summed E-state index contributed by atoms with van der Waals surface area (Å²) in [4.78, 5) is 8.68. The summed E-state index contributed by atoms with van der Waals surface area (Å²) in [5.74, 6) is 1.21. The SMILES string of the molecule is CCOc1cc([C@@H](Nc2ccccn2)c2ccc3cccnc3c2O)ccc1O. The van der Waals surface area contributed by atoms with Crippen LogP contribution < -0.4 is 10.1 Å². The molecule has 0 aliphatic heterocycles. The molecule has 0 aliphatic rings. The van der Waals surface area contributed by atoms with Crippen LogP contribution in [0.25, 0.3) is 10.9 Å². The van der Waals surface area contributed by atoms with Gasteiger partial charge in [-0.1, -0.05) is 30.3 Å². The Morgan fingerprint density at radius 2 is 1.83 bits per heavy atom. The Labute approximate surface area is 168 Å². The van der Waals surface area contributed by atoms with Crippen LogP contribution in [-0.2, 0) is 0 Å². The van der Waals surface area contributed by atoms with Crippen molar-refractivity contribution < 1.29 is 14.9 Å². The van der Waals surface area contributed by atoms with Crippen molar-refractivity contribution >= 4 is 16.7 Å². The molecule has 3 N–H and O–H groups in total. The van der Waals surface area contributed by atoms with E-state index in [1.54, 1.807) is 30.6 Å². The summed E-state index contributed by atoms with van der Waals surface area (Å²) in [5.41, 5.74) is 1.99. The predicted octanol–water partition coefficient (Wildman–Crippen LogP) is 4.64. The molecule has 2 aromatic carbocycles. The maximum Gasteiger partial charge on any atom is 0.161 e. The minimum Gasteiger partial charge on any atom is -0.505 e. The summed E-state index contributed by atoms with van der Waals surface area (Å²) in [5, 5.41) is 25.3. The maximum absolute atomic E-state index is 11.0. The number of rotatable bonds is 6. The van der Waals surface area contributed by atoms with Crippen LogP contribution in [0.1, 0.15) is 24.1 Å². The second-order valence-electron chi connectivity index (χ2n) is 6.53. The smallest absolute Gasteiger partial charge is 0.161 e. The summed E-state index contributed by atoms with van der Waals surface area (Å²) >= 11 is 0. The van der Waals surface area contributed by atoms with E-state index >= 15 is 0 Å². The molecule has 0 bridgehead atoms. The Kier molecular flexibility index (Phi) is 5.16. The van der Waals surface area contributed by atoms with E-state index in [1.807, 2.05) is 49.4 Å². The van der Waals surface area contributed by atoms with Crippen LogP contribution in [0.4, 0.5) is 5.82 Å². The largest absolute Gasteiger partial charge is 0.505 e. The molecule has 0 unspecified atom stereocenters. The van der Waals surface area contributed by atoms with Crippen LogP contribution in [0, 0.1) is 0 Å². The fraction of sp³-hybridized carbons (Fsp3) is 0.130. The standard InChI is InChI=1S/C23H21N3O3/c1-2-29-19-14-16(9-11-18(19)27)21(26-20-7-3-4-12-24-20)17-10-8-15-6-5-13-25-22(15)23(17)28/h3-14,21,27-28H,2H2,1H3,(H,24,26)/t21-/m1/s1. The fourth-order valence-corrected chi connectivity index (χ4v) is 3.30. The Balaban J connectivity index is 1.85. The van der Waals surface area contributed by atoms with Crippen molar-refractivity contribution in [3.05, 3.63) is 84.2 Å². The molecule has 1 atom stereocenters. The molecular weight excluding hydrogens is 366 g/mol. The van der Waals surface area contributed by atoms with Gasteiger partial charge in [-0.3, -0.25) is 4.98 Å². The van der Waals surface area contributed by atoms with Gasteiger partial charge >= 0.3 is 0 Å². The van der Waals surface area contributed by atoms with Gasteiger partial charge in [-0.2, -0.15) is 0 Å². The monoisotopic (exact) mass is 387 g/mol. The van der Waals surface area contributed by atoms with Crippen LogP contribution in [-0.4, -0.2) is 26.8 Å². The fourth-order valence-electron chi connectivity index (χ4n) is 3.30. The van der Waals surface area contributed by atoms with Gasteiger partial charge in [-0.15, -0.1) is 0 Å². The van der Waals surface area contributed by atoms with Gasteiger partial charge in [0.25, 0.3) is 0 Å². The molecule has 4 rings (SSSR count). The number of phenols is 2. The highest BCUT2D eigenvalue weighted by molar-refractivity contribution is 5.86. The maximum atomic E-state index is 11.0. The number of benzene rings is 2. The van der Waals surface area contributed by atoms with Crippen LogP contribution in [0.2, 0.25) is 0 Å². The van der Waals surface area contributed by atoms with Gasteiger partial charge in [0, 0.05) is 23.3 Å². The second-order valence-corrected chi connectivity index (χ2v) is 6.53. The van der Waals surface area contributed by atoms with Crippen molar-refractivity contribution in [1.29, 1.82) is 0 Å². The molecule has 0 amide bonds. The Morgan fingerprint density at radius 1 is 0.966 bits per heavy atom. The quantitative estimate of drug-likeness (QED) is 0.447. The summed E-state index contributed by atoms with van der Waals surface area (Å²) in [6.07, 6.45) is 3.35. The third-order valence-corrected chi connectivity index (χ3v) is 4.66. The van der Waals surface area contributed by atoms with E-state index in [0.717, 1.165) is 10.9 Å². The normalized spacial score (nSPS) is 11.9. The number of fused-ring (bicyclic) bond motifs is 1. The topological polar surface area (TPSA) is 87.5 Å². The molecule has 2 heterocycles. The second kappa shape index (κ2) is 8.06. The zero-order valence-corrected chi connectivity index (χ0v) is 15.9. The molecule has 0 aliphatic carbocycles. The third-order valence-electron chi connectivity index (χ3n) is 4.66. The average Bonchev–Trinajstić information content (AvgIpc) is 2.75. The molecule has 2 aromatic heterocycles. The molecule has 0 saturated carbocycles. The van der Waals surface area contributed by atoms with Gasteiger partial charge in [0.05, 0.1) is 12.6 Å². The van der Waals surface area contributed by atoms with Crippen molar-refractivity contribution in [3.8, 4) is 17.2 Å². The molecular formula is C23H21N3O3. The van der Waals surface area contributed by atoms with Crippen molar-refractivity contribution in [2.24, 2.45) is 0 Å². The number of hydrogen-bond donors (Lipinski definition) is 3. The molecule has 0 spiro atoms. The molecule has 6 heteroatoms. The Hall–Kier alpha value is -3.80. The zero-order valence-electron chi connectivity index (χ0n) is 15.9. The highest BCUT2D eigenvalue weighted by Crippen LogP contribution is 2.38. The first-order chi connectivity index (χ1) is 14.2. The first-order valence-electron chi connectivity index (χ1n) is 9.37. The van der Waals surface area contributed by atoms with E-state index < -0.39 is 6.04 Å². The van der Waals surface area contributed by atoms with Crippen LogP contribution in [0.15, 0.2) is 73.1 Å². The zero-order chi connectivity index (χ0) is 20.2. The lowest BCUT2D eigenvalue weighted by molar-refractivity contribution is 0.317.